The Morgan fingerprint density at radius 1 is 1.29 bits per heavy atom. The maximum absolute atomic E-state index is 10.9. The second-order valence-electron chi connectivity index (χ2n) is 6.93. The van der Waals surface area contributed by atoms with E-state index in [2.05, 4.69) is 42.0 Å². The van der Waals surface area contributed by atoms with Crippen LogP contribution < -0.4 is 5.32 Å². The number of benzene rings is 1. The molecular weight excluding hydrogens is 332 g/mol. The molecule has 1 aliphatic carbocycles. The van der Waals surface area contributed by atoms with Crippen molar-refractivity contribution in [2.45, 2.75) is 52.5 Å². The van der Waals surface area contributed by atoms with Crippen molar-refractivity contribution in [3.8, 4) is 0 Å². The Morgan fingerprint density at radius 3 is 2.52 bits per heavy atom. The first kappa shape index (κ1) is 16.3. The summed E-state index contributed by atoms with van der Waals surface area (Å²) in [5.74, 6) is 0.625. The van der Waals surface area contributed by atoms with E-state index >= 15 is 0 Å². The molecule has 1 saturated carbocycles. The normalized spacial score (nSPS) is 22.9. The predicted octanol–water partition coefficient (Wildman–Crippen LogP) is 5.37. The lowest BCUT2D eigenvalue weighted by atomic mass is 9.69. The van der Waals surface area contributed by atoms with E-state index in [-0.39, 0.29) is 16.0 Å². The number of hydrogen-bond donors (Lipinski definition) is 1. The second kappa shape index (κ2) is 6.34. The van der Waals surface area contributed by atoms with Crippen molar-refractivity contribution in [1.29, 1.82) is 0 Å². The molecule has 0 aliphatic heterocycles. The molecule has 1 aromatic carbocycles. The van der Waals surface area contributed by atoms with Gasteiger partial charge in [0.05, 0.1) is 9.40 Å². The Kier molecular flexibility index (Phi) is 4.91. The summed E-state index contributed by atoms with van der Waals surface area (Å²) in [5.41, 5.74) is 1.33. The summed E-state index contributed by atoms with van der Waals surface area (Å²) in [5, 5.41) is 14.5. The molecule has 5 heteroatoms. The topological polar surface area (TPSA) is 55.2 Å². The van der Waals surface area contributed by atoms with E-state index in [1.54, 1.807) is 12.1 Å². The zero-order valence-corrected chi connectivity index (χ0v) is 14.4. The molecule has 0 heterocycles. The zero-order chi connectivity index (χ0) is 15.6. The summed E-state index contributed by atoms with van der Waals surface area (Å²) in [6, 6.07) is 5.61. The Balaban J connectivity index is 2.16. The van der Waals surface area contributed by atoms with Crippen molar-refractivity contribution in [2.24, 2.45) is 11.3 Å². The number of rotatable bonds is 3. The zero-order valence-electron chi connectivity index (χ0n) is 12.9. The molecule has 2 atom stereocenters. The smallest absolute Gasteiger partial charge is 0.283 e. The van der Waals surface area contributed by atoms with Gasteiger partial charge < -0.3 is 5.32 Å². The van der Waals surface area contributed by atoms with Crippen molar-refractivity contribution in [2.75, 3.05) is 5.32 Å². The third-order valence-corrected chi connectivity index (χ3v) is 5.01. The van der Waals surface area contributed by atoms with Crippen LogP contribution in [0, 0.1) is 21.4 Å². The van der Waals surface area contributed by atoms with Crippen LogP contribution in [0.4, 0.5) is 11.4 Å². The van der Waals surface area contributed by atoms with Crippen LogP contribution >= 0.6 is 15.9 Å². The van der Waals surface area contributed by atoms with Crippen molar-refractivity contribution in [3.63, 3.8) is 0 Å². The molecule has 0 bridgehead atoms. The number of hydrogen-bond acceptors (Lipinski definition) is 3. The van der Waals surface area contributed by atoms with Gasteiger partial charge in [0, 0.05) is 17.8 Å². The number of nitro groups is 1. The average molecular weight is 355 g/mol. The highest BCUT2D eigenvalue weighted by molar-refractivity contribution is 9.10. The monoisotopic (exact) mass is 354 g/mol. The van der Waals surface area contributed by atoms with Gasteiger partial charge in [-0.1, -0.05) is 33.6 Å². The summed E-state index contributed by atoms with van der Waals surface area (Å²) in [7, 11) is 0. The van der Waals surface area contributed by atoms with Crippen molar-refractivity contribution in [3.05, 3.63) is 32.8 Å². The lowest BCUT2D eigenvalue weighted by molar-refractivity contribution is -0.385. The van der Waals surface area contributed by atoms with Crippen LogP contribution in [0.3, 0.4) is 0 Å². The molecule has 21 heavy (non-hydrogen) atoms. The lowest BCUT2D eigenvalue weighted by Crippen LogP contribution is -2.39. The molecule has 4 nitrogen and oxygen atoms in total. The molecule has 0 aromatic heterocycles. The van der Waals surface area contributed by atoms with Gasteiger partial charge in [-0.3, -0.25) is 10.1 Å². The molecule has 116 valence electrons. The van der Waals surface area contributed by atoms with Gasteiger partial charge in [0.2, 0.25) is 0 Å². The van der Waals surface area contributed by atoms with Crippen molar-refractivity contribution >= 4 is 27.3 Å². The van der Waals surface area contributed by atoms with Crippen LogP contribution in [0.25, 0.3) is 0 Å². The van der Waals surface area contributed by atoms with Gasteiger partial charge in [-0.05, 0) is 52.2 Å². The highest BCUT2D eigenvalue weighted by Gasteiger charge is 2.34. The molecule has 1 aliphatic rings. The highest BCUT2D eigenvalue weighted by atomic mass is 79.9. The first-order valence-electron chi connectivity index (χ1n) is 7.49. The quantitative estimate of drug-likeness (QED) is 0.585. The third-order valence-electron chi connectivity index (χ3n) is 4.37. The van der Waals surface area contributed by atoms with Crippen LogP contribution in [0.5, 0.6) is 0 Å². The Bertz CT molecular complexity index is 525. The summed E-state index contributed by atoms with van der Waals surface area (Å²) >= 11 is 3.29. The Morgan fingerprint density at radius 2 is 1.95 bits per heavy atom. The number of nitro benzene ring substituents is 1. The molecule has 0 amide bonds. The van der Waals surface area contributed by atoms with E-state index in [1.165, 1.54) is 19.3 Å². The summed E-state index contributed by atoms with van der Waals surface area (Å²) in [6.45, 7) is 6.89. The van der Waals surface area contributed by atoms with E-state index < -0.39 is 0 Å². The predicted molar refractivity (Wildman–Crippen MR) is 89.6 cm³/mol. The SMILES string of the molecule is CC(C)(C)C1CCCCC1Nc1ccc([N+](=O)[O-])c(Br)c1. The fraction of sp³-hybridized carbons (Fsp3) is 0.625. The van der Waals surface area contributed by atoms with Gasteiger partial charge in [-0.15, -0.1) is 0 Å². The average Bonchev–Trinajstić information content (AvgIpc) is 2.37. The molecule has 0 spiro atoms. The van der Waals surface area contributed by atoms with Gasteiger partial charge in [-0.25, -0.2) is 0 Å². The first-order valence-corrected chi connectivity index (χ1v) is 8.29. The van der Waals surface area contributed by atoms with E-state index in [0.29, 0.717) is 16.4 Å². The first-order chi connectivity index (χ1) is 9.79. The van der Waals surface area contributed by atoms with E-state index in [9.17, 15) is 10.1 Å². The highest BCUT2D eigenvalue weighted by Crippen LogP contribution is 2.39. The van der Waals surface area contributed by atoms with Crippen LogP contribution in [-0.4, -0.2) is 11.0 Å². The van der Waals surface area contributed by atoms with Gasteiger partial charge in [0.25, 0.3) is 5.69 Å². The van der Waals surface area contributed by atoms with Crippen LogP contribution in [0.1, 0.15) is 46.5 Å². The standard InChI is InChI=1S/C16H23BrN2O2/c1-16(2,3)12-6-4-5-7-14(12)18-11-8-9-15(19(20)21)13(17)10-11/h8-10,12,14,18H,4-7H2,1-3H3. The minimum atomic E-state index is -0.369. The van der Waals surface area contributed by atoms with Crippen LogP contribution in [0.2, 0.25) is 0 Å². The molecule has 0 saturated heterocycles. The summed E-state index contributed by atoms with van der Waals surface area (Å²) in [4.78, 5) is 10.5. The molecule has 1 aromatic rings. The number of anilines is 1. The molecular formula is C16H23BrN2O2. The van der Waals surface area contributed by atoms with E-state index in [4.69, 9.17) is 0 Å². The maximum atomic E-state index is 10.9. The summed E-state index contributed by atoms with van der Waals surface area (Å²) in [6.07, 6.45) is 4.95. The van der Waals surface area contributed by atoms with Crippen LogP contribution in [-0.2, 0) is 0 Å². The largest absolute Gasteiger partial charge is 0.382 e. The fourth-order valence-electron chi connectivity index (χ4n) is 3.30. The molecule has 2 unspecified atom stereocenters. The molecule has 0 radical (unpaired) electrons. The van der Waals surface area contributed by atoms with Gasteiger partial charge in [0.1, 0.15) is 0 Å². The van der Waals surface area contributed by atoms with Gasteiger partial charge in [-0.2, -0.15) is 0 Å². The number of halogens is 1. The minimum absolute atomic E-state index is 0.108. The Hall–Kier alpha value is -1.10. The third kappa shape index (κ3) is 3.96. The van der Waals surface area contributed by atoms with Crippen molar-refractivity contribution in [1.82, 2.24) is 0 Å². The van der Waals surface area contributed by atoms with Crippen molar-refractivity contribution < 1.29 is 4.92 Å². The number of nitrogens with zero attached hydrogens (tertiary/aromatic N) is 1. The van der Waals surface area contributed by atoms with Crippen LogP contribution in [0.15, 0.2) is 22.7 Å². The number of nitrogens with one attached hydrogen (secondary N) is 1. The van der Waals surface area contributed by atoms with E-state index in [0.717, 1.165) is 12.1 Å². The molecule has 2 rings (SSSR count). The minimum Gasteiger partial charge on any atom is -0.382 e. The van der Waals surface area contributed by atoms with E-state index in [1.807, 2.05) is 6.07 Å². The lowest BCUT2D eigenvalue weighted by Gasteiger charge is -2.41. The maximum Gasteiger partial charge on any atom is 0.283 e. The Labute approximate surface area is 134 Å². The summed E-state index contributed by atoms with van der Waals surface area (Å²) < 4.78 is 0.528. The molecule has 1 N–H and O–H groups in total. The second-order valence-corrected chi connectivity index (χ2v) is 7.79. The van der Waals surface area contributed by atoms with Gasteiger partial charge in [0.15, 0.2) is 0 Å². The molecule has 1 fully saturated rings. The van der Waals surface area contributed by atoms with Gasteiger partial charge >= 0.3 is 0 Å². The fourth-order valence-corrected chi connectivity index (χ4v) is 3.82.